The van der Waals surface area contributed by atoms with Crippen LogP contribution in [0, 0.1) is 5.82 Å². The van der Waals surface area contributed by atoms with Crippen molar-refractivity contribution in [2.24, 2.45) is 12.0 Å². The number of hydrogen-bond acceptors (Lipinski definition) is 4. The minimum Gasteiger partial charge on any atom is -0.494 e. The molecule has 4 rings (SSSR count). The summed E-state index contributed by atoms with van der Waals surface area (Å²) in [6, 6.07) is 12.0. The predicted molar refractivity (Wildman–Crippen MR) is 123 cm³/mol. The highest BCUT2D eigenvalue weighted by atomic mass is 32.2. The van der Waals surface area contributed by atoms with Crippen molar-refractivity contribution in [3.05, 3.63) is 87.1 Å². The van der Waals surface area contributed by atoms with Crippen LogP contribution in [0.5, 0.6) is 5.75 Å². The third-order valence-corrected chi connectivity index (χ3v) is 6.50. The number of aliphatic imine (C=N–C) groups is 1. The molecule has 2 aromatic carbocycles. The number of aryl methyl sites for hydroxylation is 1. The Morgan fingerprint density at radius 1 is 1.19 bits per heavy atom. The SMILES string of the molecule is COc1cc(C2=NCc3cc(=O)n(C)cc3-c3cc(CC(C)S(=O)O)ccc32)ccc1F. The molecule has 1 aliphatic heterocycles. The monoisotopic (exact) mass is 454 g/mol. The average molecular weight is 455 g/mol. The maximum absolute atomic E-state index is 14.0. The zero-order chi connectivity index (χ0) is 23.0. The number of halogens is 1. The van der Waals surface area contributed by atoms with E-state index in [-0.39, 0.29) is 11.3 Å². The fourth-order valence-electron chi connectivity index (χ4n) is 3.90. The summed E-state index contributed by atoms with van der Waals surface area (Å²) in [7, 11) is 3.11. The van der Waals surface area contributed by atoms with Crippen LogP contribution >= 0.6 is 0 Å². The third kappa shape index (κ3) is 4.16. The van der Waals surface area contributed by atoms with Gasteiger partial charge in [-0.05, 0) is 48.2 Å². The smallest absolute Gasteiger partial charge is 0.250 e. The maximum atomic E-state index is 14.0. The number of rotatable bonds is 5. The average Bonchev–Trinajstić information content (AvgIpc) is 2.91. The first-order chi connectivity index (χ1) is 15.3. The molecule has 0 saturated carbocycles. The topological polar surface area (TPSA) is 80.9 Å². The summed E-state index contributed by atoms with van der Waals surface area (Å²) in [6.45, 7) is 2.01. The normalized spacial score (nSPS) is 14.6. The first-order valence-corrected chi connectivity index (χ1v) is 11.3. The van der Waals surface area contributed by atoms with Gasteiger partial charge in [-0.3, -0.25) is 9.79 Å². The number of nitrogens with zero attached hydrogens (tertiary/aromatic N) is 2. The van der Waals surface area contributed by atoms with Crippen LogP contribution in [0.4, 0.5) is 4.39 Å². The lowest BCUT2D eigenvalue weighted by Crippen LogP contribution is -2.16. The molecule has 3 aromatic rings. The quantitative estimate of drug-likeness (QED) is 0.596. The fraction of sp³-hybridized carbons (Fsp3) is 0.250. The number of methoxy groups -OCH3 is 1. The molecule has 6 nitrogen and oxygen atoms in total. The lowest BCUT2D eigenvalue weighted by atomic mass is 9.90. The Morgan fingerprint density at radius 3 is 2.69 bits per heavy atom. The third-order valence-electron chi connectivity index (χ3n) is 5.64. The number of benzene rings is 2. The van der Waals surface area contributed by atoms with Gasteiger partial charge in [0.1, 0.15) is 0 Å². The van der Waals surface area contributed by atoms with Gasteiger partial charge in [-0.25, -0.2) is 8.60 Å². The maximum Gasteiger partial charge on any atom is 0.250 e. The van der Waals surface area contributed by atoms with E-state index in [1.165, 1.54) is 17.7 Å². The molecule has 2 heterocycles. The second-order valence-electron chi connectivity index (χ2n) is 7.85. The van der Waals surface area contributed by atoms with Crippen molar-refractivity contribution in [1.82, 2.24) is 4.57 Å². The van der Waals surface area contributed by atoms with Gasteiger partial charge in [0.15, 0.2) is 22.6 Å². The highest BCUT2D eigenvalue weighted by Gasteiger charge is 2.22. The second kappa shape index (κ2) is 8.80. The Morgan fingerprint density at radius 2 is 1.97 bits per heavy atom. The molecule has 0 aliphatic carbocycles. The summed E-state index contributed by atoms with van der Waals surface area (Å²) in [5, 5.41) is -0.423. The Bertz CT molecular complexity index is 1320. The van der Waals surface area contributed by atoms with Crippen LogP contribution in [0.15, 0.2) is 58.4 Å². The molecule has 166 valence electrons. The van der Waals surface area contributed by atoms with Crippen LogP contribution < -0.4 is 10.3 Å². The predicted octanol–water partition coefficient (Wildman–Crippen LogP) is 3.70. The first kappa shape index (κ1) is 22.1. The van der Waals surface area contributed by atoms with Crippen LogP contribution in [0.25, 0.3) is 11.1 Å². The Hall–Kier alpha value is -3.10. The van der Waals surface area contributed by atoms with E-state index in [0.29, 0.717) is 24.2 Å². The van der Waals surface area contributed by atoms with Gasteiger partial charge in [-0.15, -0.1) is 0 Å². The first-order valence-electron chi connectivity index (χ1n) is 10.1. The number of pyridine rings is 1. The summed E-state index contributed by atoms with van der Waals surface area (Å²) in [5.41, 5.74) is 5.48. The molecule has 2 unspecified atom stereocenters. The summed E-state index contributed by atoms with van der Waals surface area (Å²) in [6.07, 6.45) is 2.21. The molecule has 0 bridgehead atoms. The van der Waals surface area contributed by atoms with E-state index in [1.807, 2.05) is 18.2 Å². The van der Waals surface area contributed by atoms with Crippen molar-refractivity contribution < 1.29 is 17.9 Å². The molecule has 8 heteroatoms. The van der Waals surface area contributed by atoms with E-state index in [9.17, 15) is 17.9 Å². The lowest BCUT2D eigenvalue weighted by Gasteiger charge is -2.16. The van der Waals surface area contributed by atoms with E-state index in [1.54, 1.807) is 38.4 Å². The molecule has 1 aromatic heterocycles. The molecule has 1 N–H and O–H groups in total. The van der Waals surface area contributed by atoms with Gasteiger partial charge in [-0.1, -0.05) is 18.2 Å². The molecule has 0 amide bonds. The molecule has 0 fully saturated rings. The highest BCUT2D eigenvalue weighted by molar-refractivity contribution is 7.79. The molecule has 0 saturated heterocycles. The van der Waals surface area contributed by atoms with Gasteiger partial charge in [0, 0.05) is 36.0 Å². The van der Waals surface area contributed by atoms with Crippen molar-refractivity contribution in [3.63, 3.8) is 0 Å². The highest BCUT2D eigenvalue weighted by Crippen LogP contribution is 2.34. The molecule has 0 radical (unpaired) electrons. The zero-order valence-electron chi connectivity index (χ0n) is 18.0. The zero-order valence-corrected chi connectivity index (χ0v) is 18.8. The Balaban J connectivity index is 1.92. The number of fused-ring (bicyclic) bond motifs is 3. The molecule has 32 heavy (non-hydrogen) atoms. The summed E-state index contributed by atoms with van der Waals surface area (Å²) < 4.78 is 41.6. The molecular formula is C24H23FN2O4S. The second-order valence-corrected chi connectivity index (χ2v) is 9.20. The lowest BCUT2D eigenvalue weighted by molar-refractivity contribution is 0.386. The number of hydrogen-bond donors (Lipinski definition) is 1. The Kier molecular flexibility index (Phi) is 6.08. The molecule has 2 atom stereocenters. The molecule has 1 aliphatic rings. The van der Waals surface area contributed by atoms with Crippen molar-refractivity contribution in [1.29, 1.82) is 0 Å². The van der Waals surface area contributed by atoms with Gasteiger partial charge in [0.2, 0.25) is 0 Å². The van der Waals surface area contributed by atoms with Crippen molar-refractivity contribution in [2.45, 2.75) is 25.1 Å². The van der Waals surface area contributed by atoms with Crippen LogP contribution in [0.2, 0.25) is 0 Å². The van der Waals surface area contributed by atoms with Gasteiger partial charge in [-0.2, -0.15) is 0 Å². The molecule has 0 spiro atoms. The van der Waals surface area contributed by atoms with Crippen LogP contribution in [0.3, 0.4) is 0 Å². The van der Waals surface area contributed by atoms with Crippen molar-refractivity contribution >= 4 is 16.8 Å². The number of aromatic nitrogens is 1. The van der Waals surface area contributed by atoms with Crippen LogP contribution in [-0.2, 0) is 31.1 Å². The van der Waals surface area contributed by atoms with E-state index in [4.69, 9.17) is 9.73 Å². The van der Waals surface area contributed by atoms with E-state index < -0.39 is 22.1 Å². The van der Waals surface area contributed by atoms with Crippen molar-refractivity contribution in [3.8, 4) is 16.9 Å². The summed E-state index contributed by atoms with van der Waals surface area (Å²) in [4.78, 5) is 17.0. The summed E-state index contributed by atoms with van der Waals surface area (Å²) in [5.74, 6) is -0.337. The van der Waals surface area contributed by atoms with E-state index in [0.717, 1.165) is 27.8 Å². The summed E-state index contributed by atoms with van der Waals surface area (Å²) >= 11 is -1.93. The standard InChI is InChI=1S/C24H23FN2O4S/c1-14(32(29)30)8-15-4-6-18-19(9-15)20-13-27(2)23(28)11-17(20)12-26-24(18)16-5-7-21(25)22(10-16)31-3/h4-7,9-11,13-14H,8,12H2,1-3H3,(H,29,30). The van der Waals surface area contributed by atoms with Gasteiger partial charge in [0.05, 0.1) is 24.6 Å². The van der Waals surface area contributed by atoms with E-state index >= 15 is 0 Å². The number of ether oxygens (including phenoxy) is 1. The molecular weight excluding hydrogens is 431 g/mol. The fourth-order valence-corrected chi connectivity index (χ4v) is 4.23. The van der Waals surface area contributed by atoms with Gasteiger partial charge >= 0.3 is 0 Å². The minimum atomic E-state index is -1.93. The van der Waals surface area contributed by atoms with Crippen LogP contribution in [0.1, 0.15) is 29.2 Å². The van der Waals surface area contributed by atoms with E-state index in [2.05, 4.69) is 0 Å². The minimum absolute atomic E-state index is 0.123. The van der Waals surface area contributed by atoms with Crippen molar-refractivity contribution in [2.75, 3.05) is 7.11 Å². The largest absolute Gasteiger partial charge is 0.494 e. The van der Waals surface area contributed by atoms with Gasteiger partial charge < -0.3 is 13.9 Å². The Labute approximate surface area is 187 Å². The van der Waals surface area contributed by atoms with Crippen LogP contribution in [-0.4, -0.2) is 31.4 Å². The van der Waals surface area contributed by atoms with Gasteiger partial charge in [0.25, 0.3) is 5.56 Å².